The lowest BCUT2D eigenvalue weighted by Crippen LogP contribution is -2.42. The second-order valence-corrected chi connectivity index (χ2v) is 7.66. The summed E-state index contributed by atoms with van der Waals surface area (Å²) in [4.78, 5) is 4.75. The second-order valence-electron chi connectivity index (χ2n) is 7.66. The van der Waals surface area contributed by atoms with E-state index in [0.29, 0.717) is 6.04 Å². The van der Waals surface area contributed by atoms with Crippen molar-refractivity contribution in [2.75, 3.05) is 45.7 Å². The number of ether oxygens (including phenoxy) is 1. The first-order valence-corrected chi connectivity index (χ1v) is 9.99. The van der Waals surface area contributed by atoms with Crippen LogP contribution >= 0.6 is 0 Å². The van der Waals surface area contributed by atoms with E-state index >= 15 is 0 Å². The minimum absolute atomic E-state index is 0.630. The summed E-state index contributed by atoms with van der Waals surface area (Å²) in [7, 11) is 5.90. The number of piperidine rings is 1. The largest absolute Gasteiger partial charge is 0.497 e. The van der Waals surface area contributed by atoms with Crippen molar-refractivity contribution < 1.29 is 4.74 Å². The first kappa shape index (κ1) is 19.7. The average Bonchev–Trinajstić information content (AvgIpc) is 2.72. The molecule has 0 radical (unpaired) electrons. The molecule has 1 aliphatic rings. The standard InChI is InChI=1S/C23H33N3O/c1-25(2)22-6-4-5-20(17-22)18-24-21-12-15-26(16-13-21)14-11-19-7-9-23(27-3)10-8-19/h4-10,17,21,24H,11-16,18H2,1-3H3. The number of likely N-dealkylation sites (tertiary alicyclic amines) is 1. The quantitative estimate of drug-likeness (QED) is 0.772. The lowest BCUT2D eigenvalue weighted by atomic mass is 10.0. The molecule has 2 aromatic carbocycles. The topological polar surface area (TPSA) is 27.7 Å². The second kappa shape index (κ2) is 9.77. The fourth-order valence-corrected chi connectivity index (χ4v) is 3.65. The molecule has 0 atom stereocenters. The molecule has 3 rings (SSSR count). The number of rotatable bonds is 8. The third-order valence-electron chi connectivity index (χ3n) is 5.49. The van der Waals surface area contributed by atoms with Crippen molar-refractivity contribution in [2.45, 2.75) is 31.8 Å². The fourth-order valence-electron chi connectivity index (χ4n) is 3.65. The van der Waals surface area contributed by atoms with Crippen molar-refractivity contribution in [1.29, 1.82) is 0 Å². The van der Waals surface area contributed by atoms with Crippen molar-refractivity contribution in [3.8, 4) is 5.75 Å². The summed E-state index contributed by atoms with van der Waals surface area (Å²) in [6.07, 6.45) is 3.57. The van der Waals surface area contributed by atoms with Crippen LogP contribution in [0.1, 0.15) is 24.0 Å². The molecule has 0 bridgehead atoms. The molecule has 0 aliphatic carbocycles. The van der Waals surface area contributed by atoms with Gasteiger partial charge in [0.05, 0.1) is 7.11 Å². The molecule has 1 aliphatic heterocycles. The molecule has 0 amide bonds. The molecule has 1 heterocycles. The van der Waals surface area contributed by atoms with E-state index in [1.54, 1.807) is 7.11 Å². The van der Waals surface area contributed by atoms with Crippen molar-refractivity contribution >= 4 is 5.69 Å². The van der Waals surface area contributed by atoms with Crippen molar-refractivity contribution in [3.63, 3.8) is 0 Å². The van der Waals surface area contributed by atoms with Gasteiger partial charge < -0.3 is 19.9 Å². The molecule has 4 nitrogen and oxygen atoms in total. The van der Waals surface area contributed by atoms with Gasteiger partial charge in [-0.2, -0.15) is 0 Å². The van der Waals surface area contributed by atoms with Crippen molar-refractivity contribution in [3.05, 3.63) is 59.7 Å². The van der Waals surface area contributed by atoms with Crippen LogP contribution in [0.5, 0.6) is 5.75 Å². The van der Waals surface area contributed by atoms with Crippen LogP contribution in [0.25, 0.3) is 0 Å². The van der Waals surface area contributed by atoms with Crippen LogP contribution in [-0.2, 0) is 13.0 Å². The Morgan fingerprint density at radius 2 is 1.78 bits per heavy atom. The zero-order chi connectivity index (χ0) is 19.1. The molecule has 0 unspecified atom stereocenters. The summed E-state index contributed by atoms with van der Waals surface area (Å²) in [5.41, 5.74) is 4.02. The highest BCUT2D eigenvalue weighted by Crippen LogP contribution is 2.16. The van der Waals surface area contributed by atoms with E-state index in [0.717, 1.165) is 25.3 Å². The van der Waals surface area contributed by atoms with E-state index in [1.165, 1.54) is 42.7 Å². The van der Waals surface area contributed by atoms with Crippen LogP contribution in [0.3, 0.4) is 0 Å². The van der Waals surface area contributed by atoms with E-state index in [1.807, 2.05) is 0 Å². The molecule has 0 saturated carbocycles. The Bertz CT molecular complexity index is 691. The Morgan fingerprint density at radius 3 is 2.44 bits per heavy atom. The van der Waals surface area contributed by atoms with Gasteiger partial charge in [0.15, 0.2) is 0 Å². The third kappa shape index (κ3) is 5.98. The summed E-state index contributed by atoms with van der Waals surface area (Å²) in [6.45, 7) is 4.47. The molecule has 1 fully saturated rings. The molecular formula is C23H33N3O. The van der Waals surface area contributed by atoms with Gasteiger partial charge in [0, 0.05) is 38.9 Å². The lowest BCUT2D eigenvalue weighted by molar-refractivity contribution is 0.199. The Hall–Kier alpha value is -2.04. The zero-order valence-electron chi connectivity index (χ0n) is 16.9. The van der Waals surface area contributed by atoms with Crippen LogP contribution in [-0.4, -0.2) is 51.8 Å². The van der Waals surface area contributed by atoms with Gasteiger partial charge in [-0.3, -0.25) is 0 Å². The van der Waals surface area contributed by atoms with E-state index in [-0.39, 0.29) is 0 Å². The Labute approximate surface area is 164 Å². The summed E-state index contributed by atoms with van der Waals surface area (Å²) in [5.74, 6) is 0.932. The third-order valence-corrected chi connectivity index (χ3v) is 5.49. The number of nitrogens with one attached hydrogen (secondary N) is 1. The van der Waals surface area contributed by atoms with Gasteiger partial charge in [0.1, 0.15) is 5.75 Å². The predicted octanol–water partition coefficient (Wildman–Crippen LogP) is 3.56. The number of anilines is 1. The maximum absolute atomic E-state index is 5.23. The van der Waals surface area contributed by atoms with Crippen LogP contribution in [0.2, 0.25) is 0 Å². The molecule has 0 spiro atoms. The van der Waals surface area contributed by atoms with E-state index in [9.17, 15) is 0 Å². The van der Waals surface area contributed by atoms with Crippen molar-refractivity contribution in [2.24, 2.45) is 0 Å². The minimum Gasteiger partial charge on any atom is -0.497 e. The van der Waals surface area contributed by atoms with Gasteiger partial charge in [0.25, 0.3) is 0 Å². The first-order valence-electron chi connectivity index (χ1n) is 9.99. The molecule has 27 heavy (non-hydrogen) atoms. The molecule has 4 heteroatoms. The zero-order valence-corrected chi connectivity index (χ0v) is 16.9. The predicted molar refractivity (Wildman–Crippen MR) is 114 cm³/mol. The van der Waals surface area contributed by atoms with Crippen LogP contribution < -0.4 is 15.0 Å². The molecule has 2 aromatic rings. The average molecular weight is 368 g/mol. The van der Waals surface area contributed by atoms with E-state index < -0.39 is 0 Å². The smallest absolute Gasteiger partial charge is 0.118 e. The summed E-state index contributed by atoms with van der Waals surface area (Å²) < 4.78 is 5.23. The fraction of sp³-hybridized carbons (Fsp3) is 0.478. The summed E-state index contributed by atoms with van der Waals surface area (Å²) >= 11 is 0. The highest BCUT2D eigenvalue weighted by atomic mass is 16.5. The molecule has 1 N–H and O–H groups in total. The number of hydrogen-bond donors (Lipinski definition) is 1. The van der Waals surface area contributed by atoms with Crippen LogP contribution in [0.15, 0.2) is 48.5 Å². The van der Waals surface area contributed by atoms with Crippen LogP contribution in [0, 0.1) is 0 Å². The maximum Gasteiger partial charge on any atom is 0.118 e. The minimum atomic E-state index is 0.630. The van der Waals surface area contributed by atoms with Gasteiger partial charge in [-0.1, -0.05) is 24.3 Å². The van der Waals surface area contributed by atoms with Gasteiger partial charge in [-0.25, -0.2) is 0 Å². The Kier molecular flexibility index (Phi) is 7.13. The monoisotopic (exact) mass is 367 g/mol. The van der Waals surface area contributed by atoms with Gasteiger partial charge in [-0.15, -0.1) is 0 Å². The maximum atomic E-state index is 5.23. The summed E-state index contributed by atoms with van der Waals surface area (Å²) in [5, 5.41) is 3.75. The lowest BCUT2D eigenvalue weighted by Gasteiger charge is -2.32. The molecule has 1 saturated heterocycles. The number of methoxy groups -OCH3 is 1. The van der Waals surface area contributed by atoms with Gasteiger partial charge in [0.2, 0.25) is 0 Å². The van der Waals surface area contributed by atoms with E-state index in [4.69, 9.17) is 4.74 Å². The van der Waals surface area contributed by atoms with Crippen molar-refractivity contribution in [1.82, 2.24) is 10.2 Å². The number of nitrogens with zero attached hydrogens (tertiary/aromatic N) is 2. The molecular weight excluding hydrogens is 334 g/mol. The SMILES string of the molecule is COc1ccc(CCN2CCC(NCc3cccc(N(C)C)c3)CC2)cc1. The highest BCUT2D eigenvalue weighted by molar-refractivity contribution is 5.47. The normalized spacial score (nSPS) is 15.7. The Morgan fingerprint density at radius 1 is 1.04 bits per heavy atom. The van der Waals surface area contributed by atoms with Crippen LogP contribution in [0.4, 0.5) is 5.69 Å². The molecule has 146 valence electrons. The van der Waals surface area contributed by atoms with Gasteiger partial charge >= 0.3 is 0 Å². The summed E-state index contributed by atoms with van der Waals surface area (Å²) in [6, 6.07) is 17.9. The Balaban J connectivity index is 1.38. The highest BCUT2D eigenvalue weighted by Gasteiger charge is 2.18. The van der Waals surface area contributed by atoms with E-state index in [2.05, 4.69) is 77.7 Å². The number of benzene rings is 2. The first-order chi connectivity index (χ1) is 13.1. The van der Waals surface area contributed by atoms with Gasteiger partial charge in [-0.05, 0) is 67.7 Å². The number of hydrogen-bond acceptors (Lipinski definition) is 4. The molecule has 0 aromatic heterocycles.